The van der Waals surface area contributed by atoms with Gasteiger partial charge in [-0.15, -0.1) is 0 Å². The molecular weight excluding hydrogens is 248 g/mol. The van der Waals surface area contributed by atoms with Gasteiger partial charge in [-0.05, 0) is 45.0 Å². The molecule has 3 heteroatoms. The molecule has 1 aromatic rings. The van der Waals surface area contributed by atoms with Gasteiger partial charge in [0.15, 0.2) is 0 Å². The third-order valence-corrected chi connectivity index (χ3v) is 3.74. The minimum Gasteiger partial charge on any atom is -0.387 e. The van der Waals surface area contributed by atoms with Gasteiger partial charge in [-0.2, -0.15) is 0 Å². The van der Waals surface area contributed by atoms with E-state index in [1.807, 2.05) is 0 Å². The van der Waals surface area contributed by atoms with Crippen LogP contribution in [0.15, 0.2) is 18.2 Å². The van der Waals surface area contributed by atoms with Crippen LogP contribution in [0.5, 0.6) is 0 Å². The van der Waals surface area contributed by atoms with E-state index in [4.69, 9.17) is 0 Å². The summed E-state index contributed by atoms with van der Waals surface area (Å²) in [5.74, 6) is 0.382. The highest BCUT2D eigenvalue weighted by molar-refractivity contribution is 5.32. The molecule has 2 atom stereocenters. The van der Waals surface area contributed by atoms with Crippen molar-refractivity contribution in [3.05, 3.63) is 34.9 Å². The Labute approximate surface area is 124 Å². The molecule has 1 aromatic carbocycles. The first-order chi connectivity index (χ1) is 9.32. The predicted molar refractivity (Wildman–Crippen MR) is 86.1 cm³/mol. The Morgan fingerprint density at radius 3 is 2.35 bits per heavy atom. The molecule has 0 bridgehead atoms. The summed E-state index contributed by atoms with van der Waals surface area (Å²) in [6.45, 7) is 10.3. The molecule has 0 radical (unpaired) electrons. The molecule has 0 spiro atoms. The molecule has 1 rings (SSSR count). The normalized spacial score (nSPS) is 14.8. The van der Waals surface area contributed by atoms with Crippen molar-refractivity contribution >= 4 is 0 Å². The maximum atomic E-state index is 10.7. The third kappa shape index (κ3) is 4.89. The van der Waals surface area contributed by atoms with E-state index in [1.165, 1.54) is 5.56 Å². The predicted octanol–water partition coefficient (Wildman–Crippen LogP) is 2.51. The molecule has 0 aromatic heterocycles. The van der Waals surface area contributed by atoms with Gasteiger partial charge in [0.2, 0.25) is 0 Å². The number of nitrogens with zero attached hydrogens (tertiary/aromatic N) is 1. The van der Waals surface area contributed by atoms with Crippen LogP contribution in [0.4, 0.5) is 0 Å². The molecule has 0 aliphatic rings. The average molecular weight is 278 g/mol. The lowest BCUT2D eigenvalue weighted by molar-refractivity contribution is 0.103. The molecule has 20 heavy (non-hydrogen) atoms. The number of nitrogens with one attached hydrogen (secondary N) is 1. The molecule has 0 aliphatic carbocycles. The second-order valence-corrected chi connectivity index (χ2v) is 6.33. The summed E-state index contributed by atoms with van der Waals surface area (Å²) in [5, 5.41) is 14.2. The fourth-order valence-electron chi connectivity index (χ4n) is 2.52. The second-order valence-electron chi connectivity index (χ2n) is 6.33. The van der Waals surface area contributed by atoms with Crippen LogP contribution < -0.4 is 5.32 Å². The van der Waals surface area contributed by atoms with Crippen LogP contribution >= 0.6 is 0 Å². The number of aliphatic hydroxyl groups is 1. The standard InChI is InChI=1S/C17H30N2O/c1-12(2)16(18-9-10-19(5)6)17(20)15-8-7-13(3)11-14(15)4/h7-8,11-12,16-18,20H,9-10H2,1-6H3. The number of rotatable bonds is 7. The summed E-state index contributed by atoms with van der Waals surface area (Å²) < 4.78 is 0. The molecule has 0 saturated carbocycles. The Balaban J connectivity index is 2.80. The van der Waals surface area contributed by atoms with Gasteiger partial charge in [-0.25, -0.2) is 0 Å². The van der Waals surface area contributed by atoms with Gasteiger partial charge in [0.05, 0.1) is 6.10 Å². The van der Waals surface area contributed by atoms with Crippen molar-refractivity contribution in [3.63, 3.8) is 0 Å². The van der Waals surface area contributed by atoms with Crippen LogP contribution in [0.3, 0.4) is 0 Å². The van der Waals surface area contributed by atoms with Crippen molar-refractivity contribution in [2.75, 3.05) is 27.2 Å². The zero-order valence-electron chi connectivity index (χ0n) is 13.8. The fraction of sp³-hybridized carbons (Fsp3) is 0.647. The Morgan fingerprint density at radius 2 is 1.85 bits per heavy atom. The Morgan fingerprint density at radius 1 is 1.20 bits per heavy atom. The molecule has 0 fully saturated rings. The van der Waals surface area contributed by atoms with Gasteiger partial charge in [0.25, 0.3) is 0 Å². The topological polar surface area (TPSA) is 35.5 Å². The summed E-state index contributed by atoms with van der Waals surface area (Å²) in [4.78, 5) is 2.15. The Hall–Kier alpha value is -0.900. The number of aliphatic hydroxyl groups excluding tert-OH is 1. The van der Waals surface area contributed by atoms with E-state index >= 15 is 0 Å². The first-order valence-electron chi connectivity index (χ1n) is 7.46. The van der Waals surface area contributed by atoms with Gasteiger partial charge in [-0.1, -0.05) is 37.6 Å². The second kappa shape index (κ2) is 7.77. The van der Waals surface area contributed by atoms with Gasteiger partial charge in [0.1, 0.15) is 0 Å². The van der Waals surface area contributed by atoms with Crippen LogP contribution in [-0.2, 0) is 0 Å². The van der Waals surface area contributed by atoms with Crippen LogP contribution in [-0.4, -0.2) is 43.2 Å². The number of hydrogen-bond donors (Lipinski definition) is 2. The molecule has 2 N–H and O–H groups in total. The lowest BCUT2D eigenvalue weighted by Gasteiger charge is -2.29. The highest BCUT2D eigenvalue weighted by atomic mass is 16.3. The quantitative estimate of drug-likeness (QED) is 0.804. The van der Waals surface area contributed by atoms with Gasteiger partial charge >= 0.3 is 0 Å². The zero-order chi connectivity index (χ0) is 15.3. The SMILES string of the molecule is Cc1ccc(C(O)C(NCCN(C)C)C(C)C)c(C)c1. The fourth-order valence-corrected chi connectivity index (χ4v) is 2.52. The van der Waals surface area contributed by atoms with Crippen molar-refractivity contribution in [1.29, 1.82) is 0 Å². The molecule has 114 valence electrons. The molecular formula is C17H30N2O. The Bertz CT molecular complexity index is 415. The summed E-state index contributed by atoms with van der Waals surface area (Å²) in [5.41, 5.74) is 3.43. The van der Waals surface area contributed by atoms with Crippen LogP contribution in [0.25, 0.3) is 0 Å². The summed E-state index contributed by atoms with van der Waals surface area (Å²) >= 11 is 0. The van der Waals surface area contributed by atoms with E-state index in [0.717, 1.165) is 24.2 Å². The Kier molecular flexibility index (Phi) is 6.66. The van der Waals surface area contributed by atoms with Crippen molar-refractivity contribution < 1.29 is 5.11 Å². The first kappa shape index (κ1) is 17.2. The van der Waals surface area contributed by atoms with Gasteiger partial charge in [0, 0.05) is 19.1 Å². The van der Waals surface area contributed by atoms with Crippen molar-refractivity contribution in [2.24, 2.45) is 5.92 Å². The molecule has 3 nitrogen and oxygen atoms in total. The van der Waals surface area contributed by atoms with E-state index in [9.17, 15) is 5.11 Å². The number of aryl methyl sites for hydroxylation is 2. The van der Waals surface area contributed by atoms with E-state index in [2.05, 4.69) is 70.2 Å². The van der Waals surface area contributed by atoms with Gasteiger partial charge in [-0.3, -0.25) is 0 Å². The van der Waals surface area contributed by atoms with E-state index in [1.54, 1.807) is 0 Å². The van der Waals surface area contributed by atoms with Crippen LogP contribution in [0, 0.1) is 19.8 Å². The maximum absolute atomic E-state index is 10.7. The van der Waals surface area contributed by atoms with Crippen LogP contribution in [0.2, 0.25) is 0 Å². The van der Waals surface area contributed by atoms with Crippen LogP contribution in [0.1, 0.15) is 36.6 Å². The van der Waals surface area contributed by atoms with Gasteiger partial charge < -0.3 is 15.3 Å². The molecule has 0 amide bonds. The minimum absolute atomic E-state index is 0.0800. The summed E-state index contributed by atoms with van der Waals surface area (Å²) in [6, 6.07) is 6.34. The zero-order valence-corrected chi connectivity index (χ0v) is 13.8. The lowest BCUT2D eigenvalue weighted by atomic mass is 9.90. The largest absolute Gasteiger partial charge is 0.387 e. The molecule has 0 aliphatic heterocycles. The van der Waals surface area contributed by atoms with Crippen molar-refractivity contribution in [2.45, 2.75) is 39.8 Å². The van der Waals surface area contributed by atoms with Crippen molar-refractivity contribution in [1.82, 2.24) is 10.2 Å². The molecule has 0 saturated heterocycles. The number of likely N-dealkylation sites (N-methyl/N-ethyl adjacent to an activating group) is 1. The maximum Gasteiger partial charge on any atom is 0.0948 e. The summed E-state index contributed by atoms with van der Waals surface area (Å²) in [6.07, 6.45) is -0.460. The molecule has 0 heterocycles. The first-order valence-corrected chi connectivity index (χ1v) is 7.46. The van der Waals surface area contributed by atoms with E-state index in [-0.39, 0.29) is 6.04 Å². The monoisotopic (exact) mass is 278 g/mol. The number of benzene rings is 1. The highest BCUT2D eigenvalue weighted by Gasteiger charge is 2.24. The smallest absolute Gasteiger partial charge is 0.0948 e. The third-order valence-electron chi connectivity index (χ3n) is 3.74. The summed E-state index contributed by atoms with van der Waals surface area (Å²) in [7, 11) is 4.12. The van der Waals surface area contributed by atoms with E-state index in [0.29, 0.717) is 5.92 Å². The highest BCUT2D eigenvalue weighted by Crippen LogP contribution is 2.25. The van der Waals surface area contributed by atoms with E-state index < -0.39 is 6.10 Å². The average Bonchev–Trinajstić information content (AvgIpc) is 2.33. The number of hydrogen-bond acceptors (Lipinski definition) is 3. The lowest BCUT2D eigenvalue weighted by Crippen LogP contribution is -2.42. The van der Waals surface area contributed by atoms with Crippen molar-refractivity contribution in [3.8, 4) is 0 Å². The minimum atomic E-state index is -0.460. The molecule has 2 unspecified atom stereocenters.